The third-order valence-corrected chi connectivity index (χ3v) is 12.9. The number of ether oxygens (including phenoxy) is 4. The molecule has 0 aromatic rings. The summed E-state index contributed by atoms with van der Waals surface area (Å²) in [6.07, 6.45) is -4.95. The zero-order chi connectivity index (χ0) is 32.4. The van der Waals surface area contributed by atoms with E-state index in [9.17, 15) is 40.5 Å². The van der Waals surface area contributed by atoms with Crippen molar-refractivity contribution in [3.05, 3.63) is 11.6 Å². The maximum Gasteiger partial charge on any atom is 0.187 e. The molecule has 6 aliphatic rings. The van der Waals surface area contributed by atoms with Crippen LogP contribution in [0.4, 0.5) is 0 Å². The third kappa shape index (κ3) is 5.65. The summed E-state index contributed by atoms with van der Waals surface area (Å²) in [5.74, 6) is 2.26. The molecule has 2 saturated heterocycles. The highest BCUT2D eigenvalue weighted by atomic mass is 16.8. The molecule has 4 aliphatic carbocycles. The van der Waals surface area contributed by atoms with E-state index in [1.165, 1.54) is 0 Å². The quantitative estimate of drug-likeness (QED) is 0.187. The zero-order valence-electron chi connectivity index (χ0n) is 26.5. The van der Waals surface area contributed by atoms with Gasteiger partial charge < -0.3 is 54.7 Å². The van der Waals surface area contributed by atoms with E-state index in [1.807, 2.05) is 0 Å². The summed E-state index contributed by atoms with van der Waals surface area (Å²) >= 11 is 0. The average Bonchev–Trinajstić information content (AvgIpc) is 3.38. The number of hydrogen-bond donors (Lipinski definition) is 7. The van der Waals surface area contributed by atoms with Crippen molar-refractivity contribution < 1.29 is 59.5 Å². The number of carbonyl (C=O) groups excluding carboxylic acids is 1. The second-order valence-corrected chi connectivity index (χ2v) is 15.1. The number of fused-ring (bicyclic) bond motifs is 5. The van der Waals surface area contributed by atoms with Crippen LogP contribution in [0.25, 0.3) is 0 Å². The van der Waals surface area contributed by atoms with Crippen molar-refractivity contribution in [3.8, 4) is 0 Å². The van der Waals surface area contributed by atoms with Crippen LogP contribution in [0.3, 0.4) is 0 Å². The molecule has 2 heterocycles. The standard InChI is InChI=1S/C33H52O12/c1-15(36)19-6-7-20-18-5-4-16-12-17(8-10-32(16,2)21(18)9-11-33(19,20)3)42-31-29(27(40)25(38)23(14-35)44-31)45-30-28(41)26(39)24(37)22(13-34)43-30/h6,16-18,20-31,34-35,37-41H,4-5,7-14H2,1-3H3/t16-,17+,18?,20?,21?,22-,23-,24-,25-,26+,27+,28-,29-,30+,31-,32+,33-/m1/s1. The van der Waals surface area contributed by atoms with Gasteiger partial charge in [-0.05, 0) is 98.4 Å². The zero-order valence-corrected chi connectivity index (χ0v) is 26.5. The third-order valence-electron chi connectivity index (χ3n) is 12.9. The Labute approximate surface area is 264 Å². The molecule has 256 valence electrons. The van der Waals surface area contributed by atoms with E-state index in [4.69, 9.17) is 18.9 Å². The molecule has 17 atom stereocenters. The molecule has 0 radical (unpaired) electrons. The van der Waals surface area contributed by atoms with Crippen molar-refractivity contribution in [2.45, 2.75) is 140 Å². The lowest BCUT2D eigenvalue weighted by molar-refractivity contribution is -0.373. The van der Waals surface area contributed by atoms with Crippen molar-refractivity contribution in [1.29, 1.82) is 0 Å². The van der Waals surface area contributed by atoms with Gasteiger partial charge in [0.1, 0.15) is 48.8 Å². The number of ketones is 1. The van der Waals surface area contributed by atoms with Gasteiger partial charge in [-0.25, -0.2) is 0 Å². The van der Waals surface area contributed by atoms with Crippen LogP contribution in [0.2, 0.25) is 0 Å². The van der Waals surface area contributed by atoms with Gasteiger partial charge in [0.05, 0.1) is 19.3 Å². The Morgan fingerprint density at radius 3 is 2.16 bits per heavy atom. The normalized spacial score (nSPS) is 53.2. The van der Waals surface area contributed by atoms with Gasteiger partial charge in [0, 0.05) is 0 Å². The fourth-order valence-corrected chi connectivity index (χ4v) is 10.3. The van der Waals surface area contributed by atoms with E-state index in [0.29, 0.717) is 23.7 Å². The molecule has 12 heteroatoms. The first-order valence-electron chi connectivity index (χ1n) is 16.8. The van der Waals surface area contributed by atoms with Gasteiger partial charge in [0.15, 0.2) is 18.4 Å². The topological polar surface area (TPSA) is 196 Å². The van der Waals surface area contributed by atoms with Crippen molar-refractivity contribution in [2.24, 2.45) is 34.5 Å². The summed E-state index contributed by atoms with van der Waals surface area (Å²) in [6, 6.07) is 0. The molecule has 5 fully saturated rings. The second-order valence-electron chi connectivity index (χ2n) is 15.1. The molecule has 0 aromatic heterocycles. The van der Waals surface area contributed by atoms with Gasteiger partial charge in [-0.15, -0.1) is 0 Å². The molecule has 3 saturated carbocycles. The highest BCUT2D eigenvalue weighted by molar-refractivity contribution is 5.95. The summed E-state index contributed by atoms with van der Waals surface area (Å²) in [4.78, 5) is 12.4. The Balaban J connectivity index is 1.15. The van der Waals surface area contributed by atoms with Crippen molar-refractivity contribution in [2.75, 3.05) is 13.2 Å². The van der Waals surface area contributed by atoms with Crippen molar-refractivity contribution in [3.63, 3.8) is 0 Å². The first-order valence-corrected chi connectivity index (χ1v) is 16.8. The van der Waals surface area contributed by atoms with Gasteiger partial charge in [-0.2, -0.15) is 0 Å². The van der Waals surface area contributed by atoms with Gasteiger partial charge in [0.25, 0.3) is 0 Å². The minimum atomic E-state index is -1.71. The average molecular weight is 641 g/mol. The number of hydrogen-bond acceptors (Lipinski definition) is 12. The Morgan fingerprint density at radius 1 is 0.822 bits per heavy atom. The van der Waals surface area contributed by atoms with Crippen LogP contribution in [-0.2, 0) is 23.7 Å². The van der Waals surface area contributed by atoms with E-state index >= 15 is 0 Å². The monoisotopic (exact) mass is 640 g/mol. The fraction of sp³-hybridized carbons (Fsp3) is 0.909. The number of allylic oxidation sites excluding steroid dienone is 2. The van der Waals surface area contributed by atoms with Gasteiger partial charge in [-0.3, -0.25) is 4.79 Å². The molecule has 0 spiro atoms. The number of Topliss-reactive ketones (excluding diaryl/α,β-unsaturated/α-hetero) is 1. The lowest BCUT2D eigenvalue weighted by Crippen LogP contribution is -2.65. The molecule has 7 N–H and O–H groups in total. The molecule has 6 rings (SSSR count). The van der Waals surface area contributed by atoms with E-state index in [2.05, 4.69) is 19.9 Å². The van der Waals surface area contributed by atoms with E-state index < -0.39 is 74.6 Å². The van der Waals surface area contributed by atoms with Crippen LogP contribution >= 0.6 is 0 Å². The van der Waals surface area contributed by atoms with Gasteiger partial charge in [0.2, 0.25) is 0 Å². The van der Waals surface area contributed by atoms with Crippen LogP contribution < -0.4 is 0 Å². The van der Waals surface area contributed by atoms with Gasteiger partial charge >= 0.3 is 0 Å². The Bertz CT molecular complexity index is 1120. The summed E-state index contributed by atoms with van der Waals surface area (Å²) in [6.45, 7) is 5.20. The molecule has 2 aliphatic heterocycles. The van der Waals surface area contributed by atoms with Gasteiger partial charge in [-0.1, -0.05) is 19.9 Å². The van der Waals surface area contributed by atoms with Crippen molar-refractivity contribution in [1.82, 2.24) is 0 Å². The molecule has 0 bridgehead atoms. The van der Waals surface area contributed by atoms with Crippen molar-refractivity contribution >= 4 is 5.78 Å². The molecular formula is C33H52O12. The molecule has 3 unspecified atom stereocenters. The smallest absolute Gasteiger partial charge is 0.187 e. The summed E-state index contributed by atoms with van der Waals surface area (Å²) in [5, 5.41) is 72.0. The van der Waals surface area contributed by atoms with Crippen LogP contribution in [0.15, 0.2) is 11.6 Å². The molecular weight excluding hydrogens is 588 g/mol. The number of aliphatic hydroxyl groups excluding tert-OH is 7. The Morgan fingerprint density at radius 2 is 1.49 bits per heavy atom. The van der Waals surface area contributed by atoms with E-state index in [1.54, 1.807) is 6.92 Å². The SMILES string of the molecule is CC(=O)C1=CCC2C3CC[C@@H]4C[C@@H](O[C@@H]5O[C@H](CO)[C@@H](O)[C@H](O)[C@H]5O[C@@H]5O[C@H](CO)[C@@H](O)[C@H](O)[C@H]5O)CC[C@]4(C)C3CC[C@]12C. The second kappa shape index (κ2) is 12.8. The van der Waals surface area contributed by atoms with Crippen LogP contribution in [0, 0.1) is 34.5 Å². The predicted octanol–water partition coefficient (Wildman–Crippen LogP) is 0.164. The minimum Gasteiger partial charge on any atom is -0.394 e. The largest absolute Gasteiger partial charge is 0.394 e. The fourth-order valence-electron chi connectivity index (χ4n) is 10.3. The lowest BCUT2D eigenvalue weighted by atomic mass is 9.44. The van der Waals surface area contributed by atoms with E-state index in [-0.39, 0.29) is 22.7 Å². The molecule has 45 heavy (non-hydrogen) atoms. The maximum absolute atomic E-state index is 12.4. The lowest BCUT2D eigenvalue weighted by Gasteiger charge is -2.61. The summed E-state index contributed by atoms with van der Waals surface area (Å²) in [7, 11) is 0. The number of aliphatic hydroxyl groups is 7. The first-order chi connectivity index (χ1) is 21.3. The molecule has 0 amide bonds. The number of rotatable bonds is 7. The summed E-state index contributed by atoms with van der Waals surface area (Å²) < 4.78 is 23.7. The highest BCUT2D eigenvalue weighted by Crippen LogP contribution is 2.66. The maximum atomic E-state index is 12.4. The molecule has 12 nitrogen and oxygen atoms in total. The summed E-state index contributed by atoms with van der Waals surface area (Å²) in [5.41, 5.74) is 1.13. The first kappa shape index (κ1) is 33.9. The Hall–Kier alpha value is -1.03. The van der Waals surface area contributed by atoms with E-state index in [0.717, 1.165) is 56.9 Å². The van der Waals surface area contributed by atoms with Crippen LogP contribution in [0.5, 0.6) is 0 Å². The number of carbonyl (C=O) groups is 1. The molecule has 0 aromatic carbocycles. The minimum absolute atomic E-state index is 0.0283. The van der Waals surface area contributed by atoms with Crippen LogP contribution in [0.1, 0.15) is 72.1 Å². The Kier molecular flexibility index (Phi) is 9.61. The highest BCUT2D eigenvalue weighted by Gasteiger charge is 2.60. The predicted molar refractivity (Wildman–Crippen MR) is 157 cm³/mol. The van der Waals surface area contributed by atoms with Crippen LogP contribution in [-0.4, -0.2) is 122 Å².